The molecule has 98 valence electrons. The maximum Gasteiger partial charge on any atom is 0.304 e. The van der Waals surface area contributed by atoms with Crippen molar-refractivity contribution in [2.75, 3.05) is 6.26 Å². The molecule has 0 radical (unpaired) electrons. The van der Waals surface area contributed by atoms with Gasteiger partial charge in [0, 0.05) is 11.7 Å². The fourth-order valence-corrected chi connectivity index (χ4v) is 3.45. The predicted molar refractivity (Wildman–Crippen MR) is 64.4 cm³/mol. The summed E-state index contributed by atoms with van der Waals surface area (Å²) in [7, 11) is -3.59. The number of carboxylic acids is 1. The van der Waals surface area contributed by atoms with Gasteiger partial charge in [-0.25, -0.2) is 8.42 Å². The summed E-state index contributed by atoms with van der Waals surface area (Å²) in [5.41, 5.74) is -0.212. The Morgan fingerprint density at radius 2 is 2.00 bits per heavy atom. The Balaban J connectivity index is 2.59. The topological polar surface area (TPSA) is 91.7 Å². The smallest absolute Gasteiger partial charge is 0.304 e. The fraction of sp³-hybridized carbons (Fsp3) is 0.417. The van der Waals surface area contributed by atoms with E-state index in [9.17, 15) is 18.3 Å². The van der Waals surface area contributed by atoms with E-state index in [1.165, 1.54) is 6.07 Å². The van der Waals surface area contributed by atoms with Crippen LogP contribution < -0.4 is 0 Å². The number of phenols is 1. The molecule has 0 heterocycles. The van der Waals surface area contributed by atoms with Crippen LogP contribution in [0.4, 0.5) is 0 Å². The quantitative estimate of drug-likeness (QED) is 0.860. The lowest BCUT2D eigenvalue weighted by atomic mass is 9.92. The zero-order valence-corrected chi connectivity index (χ0v) is 10.7. The van der Waals surface area contributed by atoms with E-state index in [1.807, 2.05) is 0 Å². The molecule has 1 aliphatic carbocycles. The molecule has 0 atom stereocenters. The first kappa shape index (κ1) is 12.9. The zero-order chi connectivity index (χ0) is 13.6. The third kappa shape index (κ3) is 2.20. The van der Waals surface area contributed by atoms with Crippen LogP contribution in [0.3, 0.4) is 0 Å². The molecule has 1 aromatic rings. The van der Waals surface area contributed by atoms with E-state index in [0.29, 0.717) is 18.4 Å². The monoisotopic (exact) mass is 270 g/mol. The Morgan fingerprint density at radius 3 is 2.44 bits per heavy atom. The Morgan fingerprint density at radius 1 is 1.39 bits per heavy atom. The maximum absolute atomic E-state index is 11.7. The molecule has 1 saturated carbocycles. The van der Waals surface area contributed by atoms with E-state index in [4.69, 9.17) is 5.11 Å². The Labute approximate surface area is 105 Å². The van der Waals surface area contributed by atoms with Crippen LogP contribution in [-0.2, 0) is 20.0 Å². The number of carboxylic acid groups (broad SMARTS) is 1. The van der Waals surface area contributed by atoms with Gasteiger partial charge in [-0.2, -0.15) is 0 Å². The van der Waals surface area contributed by atoms with Crippen molar-refractivity contribution in [3.8, 4) is 5.75 Å². The molecule has 1 aromatic carbocycles. The summed E-state index contributed by atoms with van der Waals surface area (Å²) < 4.78 is 23.5. The van der Waals surface area contributed by atoms with Gasteiger partial charge in [0.15, 0.2) is 9.84 Å². The highest BCUT2D eigenvalue weighted by atomic mass is 32.2. The molecular formula is C12H14O5S. The second-order valence-electron chi connectivity index (χ2n) is 4.78. The minimum Gasteiger partial charge on any atom is -0.507 e. The predicted octanol–water partition coefficient (Wildman–Crippen LogP) is 1.30. The molecule has 0 amide bonds. The normalized spacial score (nSPS) is 17.4. The van der Waals surface area contributed by atoms with E-state index < -0.39 is 21.2 Å². The van der Waals surface area contributed by atoms with Crippen molar-refractivity contribution >= 4 is 15.8 Å². The van der Waals surface area contributed by atoms with Crippen molar-refractivity contribution in [3.05, 3.63) is 23.8 Å². The van der Waals surface area contributed by atoms with Crippen molar-refractivity contribution in [3.63, 3.8) is 0 Å². The molecule has 2 rings (SSSR count). The number of aromatic hydroxyl groups is 1. The molecule has 1 aliphatic rings. The SMILES string of the molecule is CS(=O)(=O)c1c(O)cccc1C1(CC(=O)O)CC1. The third-order valence-corrected chi connectivity index (χ3v) is 4.45. The highest BCUT2D eigenvalue weighted by Crippen LogP contribution is 2.53. The summed E-state index contributed by atoms with van der Waals surface area (Å²) in [5.74, 6) is -1.28. The number of carbonyl (C=O) groups is 1. The van der Waals surface area contributed by atoms with Crippen molar-refractivity contribution in [2.24, 2.45) is 0 Å². The van der Waals surface area contributed by atoms with Crippen LogP contribution in [-0.4, -0.2) is 30.9 Å². The molecule has 2 N–H and O–H groups in total. The minimum atomic E-state index is -3.59. The Hall–Kier alpha value is -1.56. The van der Waals surface area contributed by atoms with Crippen LogP contribution in [0.25, 0.3) is 0 Å². The molecular weight excluding hydrogens is 256 g/mol. The number of hydrogen-bond acceptors (Lipinski definition) is 4. The minimum absolute atomic E-state index is 0.112. The lowest BCUT2D eigenvalue weighted by Gasteiger charge is -2.17. The highest BCUT2D eigenvalue weighted by molar-refractivity contribution is 7.90. The van der Waals surface area contributed by atoms with Gasteiger partial charge < -0.3 is 10.2 Å². The number of rotatable bonds is 4. The van der Waals surface area contributed by atoms with Crippen LogP contribution in [0.1, 0.15) is 24.8 Å². The van der Waals surface area contributed by atoms with Crippen LogP contribution in [0, 0.1) is 0 Å². The van der Waals surface area contributed by atoms with Crippen LogP contribution in [0.2, 0.25) is 0 Å². The molecule has 5 nitrogen and oxygen atoms in total. The fourth-order valence-electron chi connectivity index (χ4n) is 2.31. The Bertz CT molecular complexity index is 599. The van der Waals surface area contributed by atoms with Crippen LogP contribution >= 0.6 is 0 Å². The van der Waals surface area contributed by atoms with Gasteiger partial charge in [0.2, 0.25) is 0 Å². The van der Waals surface area contributed by atoms with E-state index >= 15 is 0 Å². The molecule has 0 aliphatic heterocycles. The molecule has 0 bridgehead atoms. The van der Waals surface area contributed by atoms with Gasteiger partial charge in [-0.1, -0.05) is 12.1 Å². The molecule has 0 spiro atoms. The first-order chi connectivity index (χ1) is 8.26. The van der Waals surface area contributed by atoms with Gasteiger partial charge in [0.25, 0.3) is 0 Å². The number of hydrogen-bond donors (Lipinski definition) is 2. The first-order valence-corrected chi connectivity index (χ1v) is 7.40. The molecule has 0 unspecified atom stereocenters. The number of sulfone groups is 1. The molecule has 0 aromatic heterocycles. The highest BCUT2D eigenvalue weighted by Gasteiger charge is 2.48. The van der Waals surface area contributed by atoms with Gasteiger partial charge >= 0.3 is 5.97 Å². The molecule has 6 heteroatoms. The molecule has 0 saturated heterocycles. The first-order valence-electron chi connectivity index (χ1n) is 5.51. The van der Waals surface area contributed by atoms with Crippen LogP contribution in [0.15, 0.2) is 23.1 Å². The zero-order valence-electron chi connectivity index (χ0n) is 9.88. The number of aliphatic carboxylic acids is 1. The maximum atomic E-state index is 11.7. The van der Waals surface area contributed by atoms with E-state index in [0.717, 1.165) is 6.26 Å². The Kier molecular flexibility index (Phi) is 2.85. The molecule has 1 fully saturated rings. The van der Waals surface area contributed by atoms with Gasteiger partial charge in [0.1, 0.15) is 10.6 Å². The second kappa shape index (κ2) is 3.98. The average Bonchev–Trinajstić information content (AvgIpc) is 2.95. The van der Waals surface area contributed by atoms with Gasteiger partial charge in [-0.05, 0) is 24.5 Å². The van der Waals surface area contributed by atoms with Crippen molar-refractivity contribution < 1.29 is 23.4 Å². The van der Waals surface area contributed by atoms with E-state index in [-0.39, 0.29) is 17.1 Å². The van der Waals surface area contributed by atoms with Gasteiger partial charge in [0.05, 0.1) is 6.42 Å². The summed E-state index contributed by atoms with van der Waals surface area (Å²) in [4.78, 5) is 10.7. The number of benzene rings is 1. The standard InChI is InChI=1S/C12H14O5S/c1-18(16,17)11-8(3-2-4-9(11)13)12(5-6-12)7-10(14)15/h2-4,13H,5-7H2,1H3,(H,14,15). The summed E-state index contributed by atoms with van der Waals surface area (Å²) in [5, 5.41) is 18.6. The van der Waals surface area contributed by atoms with E-state index in [2.05, 4.69) is 0 Å². The second-order valence-corrected chi connectivity index (χ2v) is 6.73. The molecule has 18 heavy (non-hydrogen) atoms. The lowest BCUT2D eigenvalue weighted by molar-refractivity contribution is -0.137. The largest absolute Gasteiger partial charge is 0.507 e. The summed E-state index contributed by atoms with van der Waals surface area (Å²) in [6.45, 7) is 0. The van der Waals surface area contributed by atoms with Gasteiger partial charge in [-0.3, -0.25) is 4.79 Å². The van der Waals surface area contributed by atoms with Crippen molar-refractivity contribution in [2.45, 2.75) is 29.6 Å². The van der Waals surface area contributed by atoms with Crippen molar-refractivity contribution in [1.82, 2.24) is 0 Å². The van der Waals surface area contributed by atoms with Gasteiger partial charge in [-0.15, -0.1) is 0 Å². The summed E-state index contributed by atoms with van der Waals surface area (Å²) >= 11 is 0. The van der Waals surface area contributed by atoms with Crippen molar-refractivity contribution in [1.29, 1.82) is 0 Å². The summed E-state index contributed by atoms with van der Waals surface area (Å²) in [6, 6.07) is 4.43. The third-order valence-electron chi connectivity index (χ3n) is 3.28. The number of phenolic OH excluding ortho intramolecular Hbond substituents is 1. The van der Waals surface area contributed by atoms with Crippen LogP contribution in [0.5, 0.6) is 5.75 Å². The van der Waals surface area contributed by atoms with E-state index in [1.54, 1.807) is 12.1 Å². The average molecular weight is 270 g/mol. The summed E-state index contributed by atoms with van der Waals surface area (Å²) in [6.07, 6.45) is 2.16. The lowest BCUT2D eigenvalue weighted by Crippen LogP contribution is -2.16.